The summed E-state index contributed by atoms with van der Waals surface area (Å²) in [7, 11) is 2.99. The molecule has 0 unspecified atom stereocenters. The van der Waals surface area contributed by atoms with Crippen LogP contribution >= 0.6 is 27.5 Å². The molecule has 0 aliphatic rings. The van der Waals surface area contributed by atoms with Crippen molar-refractivity contribution in [3.05, 3.63) is 51.0 Å². The number of methoxy groups -OCH3 is 2. The molecule has 0 aliphatic heterocycles. The first-order valence-electron chi connectivity index (χ1n) is 6.69. The normalized spacial score (nSPS) is 10.7. The number of rotatable bonds is 5. The van der Waals surface area contributed by atoms with E-state index in [9.17, 15) is 9.90 Å². The van der Waals surface area contributed by atoms with Crippen LogP contribution < -0.4 is 14.9 Å². The van der Waals surface area contributed by atoms with Crippen molar-refractivity contribution in [2.24, 2.45) is 5.10 Å². The molecule has 0 spiro atoms. The highest BCUT2D eigenvalue weighted by molar-refractivity contribution is 9.10. The van der Waals surface area contributed by atoms with Crippen LogP contribution in [0.3, 0.4) is 0 Å². The van der Waals surface area contributed by atoms with Gasteiger partial charge >= 0.3 is 0 Å². The van der Waals surface area contributed by atoms with Crippen LogP contribution in [0.5, 0.6) is 17.2 Å². The average molecular weight is 414 g/mol. The molecule has 0 heterocycles. The number of halogens is 2. The van der Waals surface area contributed by atoms with E-state index in [1.807, 2.05) is 0 Å². The van der Waals surface area contributed by atoms with E-state index in [4.69, 9.17) is 21.1 Å². The number of phenolic OH excluding ortho intramolecular Hbond substituents is 1. The molecule has 2 rings (SSSR count). The zero-order valence-electron chi connectivity index (χ0n) is 12.8. The molecule has 8 heteroatoms. The summed E-state index contributed by atoms with van der Waals surface area (Å²) >= 11 is 9.13. The number of hydrogen-bond donors (Lipinski definition) is 2. The molecule has 0 atom stereocenters. The molecular weight excluding hydrogens is 400 g/mol. The number of ether oxygens (including phenoxy) is 2. The third-order valence-electron chi connectivity index (χ3n) is 3.04. The van der Waals surface area contributed by atoms with Crippen molar-refractivity contribution in [1.82, 2.24) is 5.43 Å². The molecule has 6 nitrogen and oxygen atoms in total. The quantitative estimate of drug-likeness (QED) is 0.580. The van der Waals surface area contributed by atoms with Crippen LogP contribution in [0.15, 0.2) is 39.9 Å². The van der Waals surface area contributed by atoms with Crippen LogP contribution in [0, 0.1) is 0 Å². The van der Waals surface area contributed by atoms with Crippen molar-refractivity contribution in [2.45, 2.75) is 0 Å². The van der Waals surface area contributed by atoms with Crippen molar-refractivity contribution in [2.75, 3.05) is 14.2 Å². The SMILES string of the molecule is COc1cc(OC)cc(C(=O)N/N=C\c2cc(Br)cc(Cl)c2O)c1. The lowest BCUT2D eigenvalue weighted by Gasteiger charge is -2.07. The van der Waals surface area contributed by atoms with E-state index in [1.165, 1.54) is 20.4 Å². The number of benzene rings is 2. The number of carbonyl (C=O) groups excluding carboxylic acids is 1. The first-order chi connectivity index (χ1) is 11.4. The molecule has 2 N–H and O–H groups in total. The van der Waals surface area contributed by atoms with Gasteiger partial charge in [0.05, 0.1) is 25.5 Å². The second-order valence-corrected chi connectivity index (χ2v) is 5.95. The van der Waals surface area contributed by atoms with Gasteiger partial charge in [-0.1, -0.05) is 27.5 Å². The van der Waals surface area contributed by atoms with Crippen molar-refractivity contribution in [1.29, 1.82) is 0 Å². The molecule has 0 saturated carbocycles. The van der Waals surface area contributed by atoms with Crippen molar-refractivity contribution in [3.63, 3.8) is 0 Å². The molecule has 0 aliphatic carbocycles. The summed E-state index contributed by atoms with van der Waals surface area (Å²) in [6.07, 6.45) is 1.29. The summed E-state index contributed by atoms with van der Waals surface area (Å²) < 4.78 is 10.9. The molecule has 0 saturated heterocycles. The Balaban J connectivity index is 2.16. The van der Waals surface area contributed by atoms with Crippen LogP contribution in [-0.4, -0.2) is 31.4 Å². The maximum absolute atomic E-state index is 12.2. The van der Waals surface area contributed by atoms with E-state index in [0.717, 1.165) is 0 Å². The standard InChI is InChI=1S/C16H14BrClN2O4/c1-23-12-4-9(5-13(7-12)24-2)16(22)20-19-8-10-3-11(17)6-14(18)15(10)21/h3-8,21H,1-2H3,(H,20,22)/b19-8-. The van der Waals surface area contributed by atoms with Gasteiger partial charge in [-0.3, -0.25) is 4.79 Å². The number of carbonyl (C=O) groups is 1. The Hall–Kier alpha value is -2.25. The fraction of sp³-hybridized carbons (Fsp3) is 0.125. The smallest absolute Gasteiger partial charge is 0.271 e. The lowest BCUT2D eigenvalue weighted by Crippen LogP contribution is -2.17. The number of hydrazone groups is 1. The van der Waals surface area contributed by atoms with Gasteiger partial charge in [0.15, 0.2) is 0 Å². The Kier molecular flexibility index (Phi) is 6.05. The highest BCUT2D eigenvalue weighted by Gasteiger charge is 2.10. The van der Waals surface area contributed by atoms with Gasteiger partial charge in [0.2, 0.25) is 0 Å². The van der Waals surface area contributed by atoms with Gasteiger partial charge in [-0.25, -0.2) is 5.43 Å². The summed E-state index contributed by atoms with van der Waals surface area (Å²) in [6.45, 7) is 0. The van der Waals surface area contributed by atoms with Gasteiger partial charge in [0.25, 0.3) is 5.91 Å². The van der Waals surface area contributed by atoms with Gasteiger partial charge in [0.1, 0.15) is 17.2 Å². The van der Waals surface area contributed by atoms with E-state index in [-0.39, 0.29) is 10.8 Å². The minimum absolute atomic E-state index is 0.124. The molecule has 2 aromatic carbocycles. The summed E-state index contributed by atoms with van der Waals surface area (Å²) in [6, 6.07) is 7.93. The molecule has 0 bridgehead atoms. The Morgan fingerprint density at radius 1 is 1.21 bits per heavy atom. The topological polar surface area (TPSA) is 80.2 Å². The molecule has 24 heavy (non-hydrogen) atoms. The number of amides is 1. The van der Waals surface area contributed by atoms with Crippen LogP contribution in [-0.2, 0) is 0 Å². The molecule has 2 aromatic rings. The van der Waals surface area contributed by atoms with Gasteiger partial charge in [-0.05, 0) is 24.3 Å². The number of nitrogens with zero attached hydrogens (tertiary/aromatic N) is 1. The van der Waals surface area contributed by atoms with E-state index < -0.39 is 5.91 Å². The van der Waals surface area contributed by atoms with E-state index in [0.29, 0.717) is 27.1 Å². The second kappa shape index (κ2) is 8.03. The average Bonchev–Trinajstić information content (AvgIpc) is 2.58. The molecule has 0 aromatic heterocycles. The molecular formula is C16H14BrClN2O4. The van der Waals surface area contributed by atoms with Gasteiger partial charge in [-0.2, -0.15) is 5.10 Å². The zero-order chi connectivity index (χ0) is 17.7. The molecule has 126 valence electrons. The van der Waals surface area contributed by atoms with Gasteiger partial charge in [-0.15, -0.1) is 0 Å². The van der Waals surface area contributed by atoms with Gasteiger partial charge < -0.3 is 14.6 Å². The van der Waals surface area contributed by atoms with Crippen molar-refractivity contribution < 1.29 is 19.4 Å². The summed E-state index contributed by atoms with van der Waals surface area (Å²) in [5, 5.41) is 13.9. The fourth-order valence-corrected chi connectivity index (χ4v) is 2.68. The van der Waals surface area contributed by atoms with E-state index >= 15 is 0 Å². The van der Waals surface area contributed by atoms with Crippen LogP contribution in [0.2, 0.25) is 5.02 Å². The predicted octanol–water partition coefficient (Wildman–Crippen LogP) is 3.59. The monoisotopic (exact) mass is 412 g/mol. The Labute approximate surface area is 152 Å². The summed E-state index contributed by atoms with van der Waals surface area (Å²) in [5.41, 5.74) is 3.04. The summed E-state index contributed by atoms with van der Waals surface area (Å²) in [4.78, 5) is 12.2. The first-order valence-corrected chi connectivity index (χ1v) is 7.86. The maximum atomic E-state index is 12.2. The third-order valence-corrected chi connectivity index (χ3v) is 3.79. The molecule has 1 amide bonds. The molecule has 0 fully saturated rings. The lowest BCUT2D eigenvalue weighted by molar-refractivity contribution is 0.0954. The first kappa shape index (κ1) is 18.1. The van der Waals surface area contributed by atoms with Crippen LogP contribution in [0.1, 0.15) is 15.9 Å². The number of hydrogen-bond acceptors (Lipinski definition) is 5. The highest BCUT2D eigenvalue weighted by Crippen LogP contribution is 2.30. The third kappa shape index (κ3) is 4.39. The number of phenols is 1. The number of nitrogens with one attached hydrogen (secondary N) is 1. The van der Waals surface area contributed by atoms with Crippen LogP contribution in [0.25, 0.3) is 0 Å². The Morgan fingerprint density at radius 3 is 2.42 bits per heavy atom. The zero-order valence-corrected chi connectivity index (χ0v) is 15.2. The van der Waals surface area contributed by atoms with Gasteiger partial charge in [0, 0.05) is 21.7 Å². The number of aromatic hydroxyl groups is 1. The minimum atomic E-state index is -0.455. The van der Waals surface area contributed by atoms with Crippen molar-refractivity contribution in [3.8, 4) is 17.2 Å². The Morgan fingerprint density at radius 2 is 1.83 bits per heavy atom. The van der Waals surface area contributed by atoms with Crippen LogP contribution in [0.4, 0.5) is 0 Å². The van der Waals surface area contributed by atoms with E-state index in [2.05, 4.69) is 26.5 Å². The minimum Gasteiger partial charge on any atom is -0.506 e. The Bertz CT molecular complexity index is 774. The van der Waals surface area contributed by atoms with Crippen molar-refractivity contribution >= 4 is 39.7 Å². The van der Waals surface area contributed by atoms with E-state index in [1.54, 1.807) is 30.3 Å². The highest BCUT2D eigenvalue weighted by atomic mass is 79.9. The molecule has 0 radical (unpaired) electrons. The predicted molar refractivity (Wildman–Crippen MR) is 95.4 cm³/mol. The fourth-order valence-electron chi connectivity index (χ4n) is 1.85. The second-order valence-electron chi connectivity index (χ2n) is 4.63. The summed E-state index contributed by atoms with van der Waals surface area (Å²) in [5.74, 6) is 0.393. The lowest BCUT2D eigenvalue weighted by atomic mass is 10.2. The largest absolute Gasteiger partial charge is 0.506 e. The maximum Gasteiger partial charge on any atom is 0.271 e.